The van der Waals surface area contributed by atoms with Crippen molar-refractivity contribution in [3.8, 4) is 5.75 Å². The van der Waals surface area contributed by atoms with Gasteiger partial charge in [-0.2, -0.15) is 4.31 Å². The molecule has 0 spiro atoms. The lowest BCUT2D eigenvalue weighted by Gasteiger charge is -2.21. The maximum absolute atomic E-state index is 12.6. The number of ether oxygens (including phenoxy) is 2. The number of nitrogens with zero attached hydrogens (tertiary/aromatic N) is 1. The maximum atomic E-state index is 12.6. The third-order valence-corrected chi connectivity index (χ3v) is 4.71. The minimum absolute atomic E-state index is 0.0730. The van der Waals surface area contributed by atoms with Crippen LogP contribution in [0.1, 0.15) is 13.8 Å². The highest BCUT2D eigenvalue weighted by Gasteiger charge is 2.29. The van der Waals surface area contributed by atoms with Gasteiger partial charge < -0.3 is 15.2 Å². The van der Waals surface area contributed by atoms with E-state index < -0.39 is 16.0 Å². The van der Waals surface area contributed by atoms with Crippen molar-refractivity contribution in [2.24, 2.45) is 0 Å². The molecule has 0 unspecified atom stereocenters. The van der Waals surface area contributed by atoms with E-state index in [0.717, 1.165) is 4.31 Å². The average Bonchev–Trinajstić information content (AvgIpc) is 2.44. The number of anilines is 1. The molecule has 1 aromatic carbocycles. The second-order valence-electron chi connectivity index (χ2n) is 4.15. The van der Waals surface area contributed by atoms with Crippen LogP contribution in [0.2, 0.25) is 0 Å². The van der Waals surface area contributed by atoms with Crippen LogP contribution in [0, 0.1) is 0 Å². The first-order valence-electron chi connectivity index (χ1n) is 6.46. The Morgan fingerprint density at radius 2 is 2.00 bits per heavy atom. The van der Waals surface area contributed by atoms with Gasteiger partial charge in [-0.1, -0.05) is 6.92 Å². The zero-order valence-corrected chi connectivity index (χ0v) is 13.1. The molecular formula is C13H20N2O5S. The number of benzene rings is 1. The lowest BCUT2D eigenvalue weighted by atomic mass is 10.3. The van der Waals surface area contributed by atoms with Crippen molar-refractivity contribution in [3.63, 3.8) is 0 Å². The van der Waals surface area contributed by atoms with Crippen LogP contribution in [0.15, 0.2) is 23.1 Å². The summed E-state index contributed by atoms with van der Waals surface area (Å²) in [6, 6.07) is 4.32. The molecule has 0 heterocycles. The molecule has 0 atom stereocenters. The molecule has 0 saturated carbocycles. The van der Waals surface area contributed by atoms with Gasteiger partial charge in [0.05, 0.1) is 13.7 Å². The van der Waals surface area contributed by atoms with Gasteiger partial charge >= 0.3 is 5.97 Å². The molecule has 0 aromatic heterocycles. The molecular weight excluding hydrogens is 296 g/mol. The summed E-state index contributed by atoms with van der Waals surface area (Å²) >= 11 is 0. The summed E-state index contributed by atoms with van der Waals surface area (Å²) in [5, 5.41) is 0. The van der Waals surface area contributed by atoms with Gasteiger partial charge in [-0.25, -0.2) is 8.42 Å². The van der Waals surface area contributed by atoms with Gasteiger partial charge in [0.1, 0.15) is 17.2 Å². The topological polar surface area (TPSA) is 98.9 Å². The number of likely N-dealkylation sites (N-methyl/N-ethyl adjacent to an activating group) is 1. The first-order valence-corrected chi connectivity index (χ1v) is 7.90. The molecule has 1 aromatic rings. The molecule has 0 amide bonds. The third-order valence-electron chi connectivity index (χ3n) is 2.77. The molecule has 0 saturated heterocycles. The number of carbonyl (C=O) groups excluding carboxylic acids is 1. The van der Waals surface area contributed by atoms with Crippen molar-refractivity contribution in [1.82, 2.24) is 4.31 Å². The van der Waals surface area contributed by atoms with Gasteiger partial charge in [0.15, 0.2) is 0 Å². The van der Waals surface area contributed by atoms with Gasteiger partial charge in [0.2, 0.25) is 10.0 Å². The molecule has 8 heteroatoms. The van der Waals surface area contributed by atoms with Crippen molar-refractivity contribution in [3.05, 3.63) is 18.2 Å². The summed E-state index contributed by atoms with van der Waals surface area (Å²) in [5.41, 5.74) is 5.93. The highest BCUT2D eigenvalue weighted by atomic mass is 32.2. The summed E-state index contributed by atoms with van der Waals surface area (Å²) in [5.74, 6) is -0.433. The zero-order chi connectivity index (χ0) is 16.0. The van der Waals surface area contributed by atoms with Crippen molar-refractivity contribution in [2.75, 3.05) is 32.5 Å². The summed E-state index contributed by atoms with van der Waals surface area (Å²) in [7, 11) is -2.54. The first kappa shape index (κ1) is 17.3. The van der Waals surface area contributed by atoms with E-state index in [9.17, 15) is 13.2 Å². The van der Waals surface area contributed by atoms with E-state index in [1.54, 1.807) is 19.9 Å². The number of hydrogen-bond acceptors (Lipinski definition) is 6. The van der Waals surface area contributed by atoms with E-state index in [1.807, 2.05) is 0 Å². The molecule has 7 nitrogen and oxygen atoms in total. The number of esters is 1. The van der Waals surface area contributed by atoms with Gasteiger partial charge in [0.25, 0.3) is 0 Å². The van der Waals surface area contributed by atoms with Crippen molar-refractivity contribution in [2.45, 2.75) is 18.7 Å². The molecule has 21 heavy (non-hydrogen) atoms. The Hall–Kier alpha value is -1.80. The van der Waals surface area contributed by atoms with Gasteiger partial charge in [-0.05, 0) is 25.1 Å². The molecule has 0 aliphatic heterocycles. The summed E-state index contributed by atoms with van der Waals surface area (Å²) in [6.07, 6.45) is 0. The fourth-order valence-electron chi connectivity index (χ4n) is 1.75. The summed E-state index contributed by atoms with van der Waals surface area (Å²) < 4.78 is 36.1. The number of methoxy groups -OCH3 is 1. The Labute approximate surface area is 124 Å². The number of nitrogen functional groups attached to an aromatic ring is 1. The fraction of sp³-hybridized carbons (Fsp3) is 0.462. The normalized spacial score (nSPS) is 11.4. The van der Waals surface area contributed by atoms with E-state index in [1.165, 1.54) is 19.2 Å². The first-order chi connectivity index (χ1) is 9.86. The highest BCUT2D eigenvalue weighted by molar-refractivity contribution is 7.89. The fourth-order valence-corrected chi connectivity index (χ4v) is 3.34. The maximum Gasteiger partial charge on any atom is 0.321 e. The number of carbonyl (C=O) groups is 1. The molecule has 0 bridgehead atoms. The summed E-state index contributed by atoms with van der Waals surface area (Å²) in [4.78, 5) is 11.5. The Morgan fingerprint density at radius 1 is 1.33 bits per heavy atom. The molecule has 1 rings (SSSR count). The third kappa shape index (κ3) is 4.08. The molecule has 0 aliphatic rings. The molecule has 0 radical (unpaired) electrons. The van der Waals surface area contributed by atoms with Crippen LogP contribution in [-0.2, 0) is 19.6 Å². The lowest BCUT2D eigenvalue weighted by Crippen LogP contribution is -2.36. The predicted octanol–water partition coefficient (Wildman–Crippen LogP) is 0.851. The molecule has 0 fully saturated rings. The monoisotopic (exact) mass is 316 g/mol. The average molecular weight is 316 g/mol. The second-order valence-corrected chi connectivity index (χ2v) is 6.05. The van der Waals surface area contributed by atoms with Crippen LogP contribution in [0.5, 0.6) is 5.75 Å². The van der Waals surface area contributed by atoms with Gasteiger partial charge in [-0.15, -0.1) is 0 Å². The van der Waals surface area contributed by atoms with Crippen LogP contribution >= 0.6 is 0 Å². The van der Waals surface area contributed by atoms with E-state index in [2.05, 4.69) is 0 Å². The molecule has 2 N–H and O–H groups in total. The molecule has 118 valence electrons. The van der Waals surface area contributed by atoms with E-state index in [-0.39, 0.29) is 30.3 Å². The van der Waals surface area contributed by atoms with Crippen LogP contribution in [0.3, 0.4) is 0 Å². The van der Waals surface area contributed by atoms with Crippen molar-refractivity contribution < 1.29 is 22.7 Å². The van der Waals surface area contributed by atoms with E-state index in [4.69, 9.17) is 15.2 Å². The van der Waals surface area contributed by atoms with Crippen molar-refractivity contribution >= 4 is 21.7 Å². The Morgan fingerprint density at radius 3 is 2.52 bits per heavy atom. The van der Waals surface area contributed by atoms with Gasteiger partial charge in [-0.3, -0.25) is 4.79 Å². The largest absolute Gasteiger partial charge is 0.495 e. The smallest absolute Gasteiger partial charge is 0.321 e. The van der Waals surface area contributed by atoms with Crippen LogP contribution in [-0.4, -0.2) is 45.5 Å². The SMILES string of the molecule is CCOC(=O)CN(CC)S(=O)(=O)c1cc(N)ccc1OC. The Balaban J connectivity index is 3.18. The summed E-state index contributed by atoms with van der Waals surface area (Å²) in [6.45, 7) is 3.25. The van der Waals surface area contributed by atoms with Gasteiger partial charge in [0, 0.05) is 12.2 Å². The number of hydrogen-bond donors (Lipinski definition) is 1. The lowest BCUT2D eigenvalue weighted by molar-refractivity contribution is -0.143. The zero-order valence-electron chi connectivity index (χ0n) is 12.3. The Bertz CT molecular complexity index is 601. The van der Waals surface area contributed by atoms with Crippen LogP contribution in [0.25, 0.3) is 0 Å². The van der Waals surface area contributed by atoms with Crippen LogP contribution < -0.4 is 10.5 Å². The Kier molecular flexibility index (Phi) is 5.98. The molecule has 0 aliphatic carbocycles. The quantitative estimate of drug-likeness (QED) is 0.591. The minimum atomic E-state index is -3.90. The number of nitrogens with two attached hydrogens (primary N) is 1. The number of rotatable bonds is 7. The van der Waals surface area contributed by atoms with E-state index >= 15 is 0 Å². The van der Waals surface area contributed by atoms with E-state index in [0.29, 0.717) is 5.69 Å². The number of sulfonamides is 1. The minimum Gasteiger partial charge on any atom is -0.495 e. The predicted molar refractivity (Wildman–Crippen MR) is 78.5 cm³/mol. The second kappa shape index (κ2) is 7.28. The highest BCUT2D eigenvalue weighted by Crippen LogP contribution is 2.28. The van der Waals surface area contributed by atoms with Crippen molar-refractivity contribution in [1.29, 1.82) is 0 Å². The standard InChI is InChI=1S/C13H20N2O5S/c1-4-15(9-13(16)20-5-2)21(17,18)12-8-10(14)6-7-11(12)19-3/h6-8H,4-5,9,14H2,1-3H3. The van der Waals surface area contributed by atoms with Crippen LogP contribution in [0.4, 0.5) is 5.69 Å².